The summed E-state index contributed by atoms with van der Waals surface area (Å²) in [6.45, 7) is 9.71. The molecule has 0 aromatic heterocycles. The highest BCUT2D eigenvalue weighted by atomic mass is 32.2. The van der Waals surface area contributed by atoms with Gasteiger partial charge >= 0.3 is 0 Å². The first kappa shape index (κ1) is 25.3. The highest BCUT2D eigenvalue weighted by Crippen LogP contribution is 2.57. The number of hydrogen-bond acceptors (Lipinski definition) is 3. The smallest absolute Gasteiger partial charge is 0.241 e. The lowest BCUT2D eigenvalue weighted by Gasteiger charge is -2.55. The van der Waals surface area contributed by atoms with Crippen LogP contribution >= 0.6 is 0 Å². The van der Waals surface area contributed by atoms with Crippen molar-refractivity contribution in [1.82, 2.24) is 4.72 Å². The third kappa shape index (κ3) is 4.14. The number of aryl methyl sites for hydroxylation is 1. The van der Waals surface area contributed by atoms with E-state index in [1.54, 1.807) is 19.2 Å². The standard InChI is InChI=1S/C31H39NO3S/c1-21(2)23-12-11-22-13-16-29-30(3,17-8-18-31(29,4)26(22)19-23)20-32-36(33,34)28-15-14-27(35-5)24-9-6-7-10-25(24)28/h6-7,9-12,14-15,19,21,29,32H,8,13,16-18,20H2,1-5H3/t29-,30+,31-/m1/s1. The fourth-order valence-corrected chi connectivity index (χ4v) is 8.56. The maximum Gasteiger partial charge on any atom is 0.241 e. The number of fused-ring (bicyclic) bond motifs is 4. The second-order valence-electron chi connectivity index (χ2n) is 11.7. The predicted molar refractivity (Wildman–Crippen MR) is 147 cm³/mol. The van der Waals surface area contributed by atoms with E-state index < -0.39 is 10.0 Å². The molecule has 3 atom stereocenters. The summed E-state index contributed by atoms with van der Waals surface area (Å²) in [6.07, 6.45) is 5.49. The molecule has 3 aromatic carbocycles. The normalized spacial score (nSPS) is 26.0. The van der Waals surface area contributed by atoms with Gasteiger partial charge in [-0.15, -0.1) is 0 Å². The summed E-state index contributed by atoms with van der Waals surface area (Å²) >= 11 is 0. The summed E-state index contributed by atoms with van der Waals surface area (Å²) in [5.74, 6) is 1.62. The Hall–Kier alpha value is -2.37. The first-order valence-corrected chi connectivity index (χ1v) is 14.8. The van der Waals surface area contributed by atoms with Crippen molar-refractivity contribution < 1.29 is 13.2 Å². The third-order valence-electron chi connectivity index (χ3n) is 9.19. The van der Waals surface area contributed by atoms with Crippen LogP contribution in [0.4, 0.5) is 0 Å². The van der Waals surface area contributed by atoms with Crippen LogP contribution in [0.1, 0.15) is 76.0 Å². The molecule has 1 N–H and O–H groups in total. The quantitative estimate of drug-likeness (QED) is 0.394. The molecule has 5 heteroatoms. The first-order chi connectivity index (χ1) is 17.1. The summed E-state index contributed by atoms with van der Waals surface area (Å²) < 4.78 is 35.8. The van der Waals surface area contributed by atoms with E-state index in [1.807, 2.05) is 24.3 Å². The van der Waals surface area contributed by atoms with E-state index in [0.29, 0.717) is 34.4 Å². The molecule has 1 fully saturated rings. The highest BCUT2D eigenvalue weighted by molar-refractivity contribution is 7.89. The lowest BCUT2D eigenvalue weighted by molar-refractivity contribution is 0.0298. The minimum atomic E-state index is -3.69. The molecule has 0 heterocycles. The molecule has 0 radical (unpaired) electrons. The molecule has 0 aliphatic heterocycles. The van der Waals surface area contributed by atoms with E-state index in [-0.39, 0.29) is 10.8 Å². The fraction of sp³-hybridized carbons (Fsp3) is 0.484. The Kier molecular flexibility index (Phi) is 6.45. The van der Waals surface area contributed by atoms with Gasteiger partial charge in [0.25, 0.3) is 0 Å². The van der Waals surface area contributed by atoms with Crippen molar-refractivity contribution in [2.75, 3.05) is 13.7 Å². The summed E-state index contributed by atoms with van der Waals surface area (Å²) in [5.41, 5.74) is 4.35. The molecule has 192 valence electrons. The Labute approximate surface area is 216 Å². The maximum atomic E-state index is 13.6. The van der Waals surface area contributed by atoms with E-state index in [0.717, 1.165) is 37.5 Å². The van der Waals surface area contributed by atoms with E-state index in [9.17, 15) is 8.42 Å². The van der Waals surface area contributed by atoms with Crippen LogP contribution in [-0.4, -0.2) is 22.1 Å². The van der Waals surface area contributed by atoms with E-state index in [4.69, 9.17) is 4.74 Å². The van der Waals surface area contributed by atoms with Gasteiger partial charge < -0.3 is 4.74 Å². The minimum Gasteiger partial charge on any atom is -0.496 e. The highest BCUT2D eigenvalue weighted by Gasteiger charge is 2.51. The molecule has 0 unspecified atom stereocenters. The van der Waals surface area contributed by atoms with Crippen molar-refractivity contribution in [1.29, 1.82) is 0 Å². The number of rotatable bonds is 6. The Balaban J connectivity index is 1.46. The second-order valence-corrected chi connectivity index (χ2v) is 13.5. The van der Waals surface area contributed by atoms with Gasteiger partial charge in [0, 0.05) is 17.3 Å². The monoisotopic (exact) mass is 505 g/mol. The average molecular weight is 506 g/mol. The van der Waals surface area contributed by atoms with Crippen molar-refractivity contribution in [3.8, 4) is 5.75 Å². The topological polar surface area (TPSA) is 55.4 Å². The molecule has 5 rings (SSSR count). The van der Waals surface area contributed by atoms with Crippen molar-refractivity contribution in [2.24, 2.45) is 11.3 Å². The lowest BCUT2D eigenvalue weighted by Crippen LogP contribution is -2.53. The second kappa shape index (κ2) is 9.18. The molecular weight excluding hydrogens is 466 g/mol. The van der Waals surface area contributed by atoms with Gasteiger partial charge in [-0.1, -0.05) is 76.6 Å². The van der Waals surface area contributed by atoms with Gasteiger partial charge in [-0.2, -0.15) is 0 Å². The number of nitrogens with one attached hydrogen (secondary N) is 1. The molecule has 3 aromatic rings. The van der Waals surface area contributed by atoms with Crippen LogP contribution in [0.25, 0.3) is 10.8 Å². The minimum absolute atomic E-state index is 0.0732. The van der Waals surface area contributed by atoms with Gasteiger partial charge in [0.2, 0.25) is 10.0 Å². The molecule has 1 saturated carbocycles. The van der Waals surface area contributed by atoms with Crippen LogP contribution in [0.15, 0.2) is 59.5 Å². The van der Waals surface area contributed by atoms with Crippen molar-refractivity contribution >= 4 is 20.8 Å². The molecule has 0 saturated heterocycles. The number of methoxy groups -OCH3 is 1. The SMILES string of the molecule is COc1ccc(S(=O)(=O)NC[C@]2(C)CCC[C@]3(C)c4cc(C(C)C)ccc4CC[C@H]23)c2ccccc12. The zero-order chi connectivity index (χ0) is 25.7. The average Bonchev–Trinajstić information content (AvgIpc) is 2.86. The molecule has 2 aliphatic carbocycles. The maximum absolute atomic E-state index is 13.6. The molecule has 0 amide bonds. The van der Waals surface area contributed by atoms with Crippen LogP contribution in [0, 0.1) is 11.3 Å². The van der Waals surface area contributed by atoms with E-state index in [2.05, 4.69) is 50.6 Å². The summed E-state index contributed by atoms with van der Waals surface area (Å²) in [7, 11) is -2.08. The van der Waals surface area contributed by atoms with Crippen LogP contribution in [0.5, 0.6) is 5.75 Å². The Morgan fingerprint density at radius 3 is 2.50 bits per heavy atom. The van der Waals surface area contributed by atoms with Crippen molar-refractivity contribution in [2.45, 2.75) is 76.0 Å². The zero-order valence-electron chi connectivity index (χ0n) is 22.2. The molecular formula is C31H39NO3S. The summed E-state index contributed by atoms with van der Waals surface area (Å²) in [4.78, 5) is 0.316. The van der Waals surface area contributed by atoms with E-state index in [1.165, 1.54) is 16.7 Å². The van der Waals surface area contributed by atoms with Crippen molar-refractivity contribution in [3.63, 3.8) is 0 Å². The summed E-state index contributed by atoms with van der Waals surface area (Å²) in [5, 5.41) is 1.50. The fourth-order valence-electron chi connectivity index (χ4n) is 7.17. The van der Waals surface area contributed by atoms with Crippen LogP contribution < -0.4 is 9.46 Å². The van der Waals surface area contributed by atoms with Gasteiger partial charge in [-0.3, -0.25) is 0 Å². The van der Waals surface area contributed by atoms with Gasteiger partial charge in [-0.25, -0.2) is 13.1 Å². The van der Waals surface area contributed by atoms with Crippen LogP contribution in [0.3, 0.4) is 0 Å². The Bertz CT molecular complexity index is 1400. The van der Waals surface area contributed by atoms with Gasteiger partial charge in [0.1, 0.15) is 5.75 Å². The van der Waals surface area contributed by atoms with Gasteiger partial charge in [-0.05, 0) is 77.2 Å². The molecule has 4 nitrogen and oxygen atoms in total. The van der Waals surface area contributed by atoms with Crippen LogP contribution in [-0.2, 0) is 21.9 Å². The zero-order valence-corrected chi connectivity index (χ0v) is 23.0. The molecule has 2 aliphatic rings. The van der Waals surface area contributed by atoms with Crippen LogP contribution in [0.2, 0.25) is 0 Å². The van der Waals surface area contributed by atoms with Crippen molar-refractivity contribution in [3.05, 3.63) is 71.3 Å². The number of ether oxygens (including phenoxy) is 1. The number of sulfonamides is 1. The largest absolute Gasteiger partial charge is 0.496 e. The lowest BCUT2D eigenvalue weighted by atomic mass is 9.49. The number of hydrogen-bond donors (Lipinski definition) is 1. The first-order valence-electron chi connectivity index (χ1n) is 13.3. The molecule has 36 heavy (non-hydrogen) atoms. The molecule has 0 spiro atoms. The Morgan fingerprint density at radius 2 is 1.78 bits per heavy atom. The van der Waals surface area contributed by atoms with Gasteiger partial charge in [0.15, 0.2) is 0 Å². The van der Waals surface area contributed by atoms with Gasteiger partial charge in [0.05, 0.1) is 12.0 Å². The number of benzene rings is 3. The van der Waals surface area contributed by atoms with E-state index >= 15 is 0 Å². The summed E-state index contributed by atoms with van der Waals surface area (Å²) in [6, 6.07) is 18.1. The predicted octanol–water partition coefficient (Wildman–Crippen LogP) is 6.96. The Morgan fingerprint density at radius 1 is 1.03 bits per heavy atom. The third-order valence-corrected chi connectivity index (χ3v) is 10.7. The molecule has 0 bridgehead atoms.